The van der Waals surface area contributed by atoms with Crippen molar-refractivity contribution in [3.63, 3.8) is 0 Å². The first-order chi connectivity index (χ1) is 14.2. The van der Waals surface area contributed by atoms with Gasteiger partial charge in [0.05, 0.1) is 12.2 Å². The zero-order valence-corrected chi connectivity index (χ0v) is 18.0. The van der Waals surface area contributed by atoms with Gasteiger partial charge in [-0.15, -0.1) is 11.8 Å². The summed E-state index contributed by atoms with van der Waals surface area (Å²) in [4.78, 5) is 12.5. The van der Waals surface area contributed by atoms with Crippen LogP contribution in [0.1, 0.15) is 30.5 Å². The molecular formula is C23H25F3O3S. The van der Waals surface area contributed by atoms with E-state index in [0.29, 0.717) is 12.4 Å². The van der Waals surface area contributed by atoms with Gasteiger partial charge in [0.1, 0.15) is 5.75 Å². The Labute approximate surface area is 179 Å². The summed E-state index contributed by atoms with van der Waals surface area (Å²) in [6.07, 6.45) is -0.494. The quantitative estimate of drug-likeness (QED) is 0.335. The monoisotopic (exact) mass is 438 g/mol. The number of esters is 1. The molecule has 0 aromatic heterocycles. The number of ether oxygens (including phenoxy) is 2. The van der Waals surface area contributed by atoms with Gasteiger partial charge in [-0.25, -0.2) is 4.79 Å². The first-order valence-corrected chi connectivity index (χ1v) is 10.5. The van der Waals surface area contributed by atoms with Gasteiger partial charge in [-0.1, -0.05) is 31.2 Å². The van der Waals surface area contributed by atoms with E-state index >= 15 is 0 Å². The molecule has 1 atom stereocenters. The molecule has 0 N–H and O–H groups in total. The molecule has 30 heavy (non-hydrogen) atoms. The van der Waals surface area contributed by atoms with E-state index in [1.165, 1.54) is 12.1 Å². The predicted molar refractivity (Wildman–Crippen MR) is 114 cm³/mol. The second kappa shape index (κ2) is 11.1. The topological polar surface area (TPSA) is 35.5 Å². The van der Waals surface area contributed by atoms with Crippen LogP contribution in [0, 0.1) is 12.8 Å². The van der Waals surface area contributed by atoms with E-state index in [4.69, 9.17) is 9.47 Å². The number of halogens is 3. The third-order valence-corrected chi connectivity index (χ3v) is 5.45. The fourth-order valence-corrected chi connectivity index (χ4v) is 3.55. The third-order valence-electron chi connectivity index (χ3n) is 4.17. The number of thioether (sulfide) groups is 1. The van der Waals surface area contributed by atoms with Crippen LogP contribution in [0.25, 0.3) is 6.08 Å². The lowest BCUT2D eigenvalue weighted by atomic mass is 10.1. The molecule has 0 saturated carbocycles. The van der Waals surface area contributed by atoms with E-state index in [-0.39, 0.29) is 12.5 Å². The number of alkyl halides is 3. The number of allylic oxidation sites excluding steroid dienone is 1. The van der Waals surface area contributed by atoms with E-state index in [0.717, 1.165) is 33.9 Å². The fourth-order valence-electron chi connectivity index (χ4n) is 2.55. The molecule has 2 aromatic rings. The molecule has 0 aliphatic heterocycles. The summed E-state index contributed by atoms with van der Waals surface area (Å²) in [6, 6.07) is 10.9. The van der Waals surface area contributed by atoms with Crippen LogP contribution in [-0.4, -0.2) is 24.9 Å². The molecule has 0 amide bonds. The highest BCUT2D eigenvalue weighted by Crippen LogP contribution is 2.30. The highest BCUT2D eigenvalue weighted by Gasteiger charge is 2.29. The highest BCUT2D eigenvalue weighted by atomic mass is 32.2. The Morgan fingerprint density at radius 3 is 2.47 bits per heavy atom. The average molecular weight is 439 g/mol. The smallest absolute Gasteiger partial charge is 0.416 e. The van der Waals surface area contributed by atoms with E-state index in [9.17, 15) is 18.0 Å². The molecule has 0 heterocycles. The Morgan fingerprint density at radius 1 is 1.17 bits per heavy atom. The van der Waals surface area contributed by atoms with Crippen LogP contribution >= 0.6 is 11.8 Å². The van der Waals surface area contributed by atoms with Crippen molar-refractivity contribution in [1.29, 1.82) is 0 Å². The Balaban J connectivity index is 1.85. The van der Waals surface area contributed by atoms with Crippen LogP contribution in [-0.2, 0) is 15.7 Å². The third kappa shape index (κ3) is 7.78. The molecule has 162 valence electrons. The number of aryl methyl sites for hydroxylation is 1. The van der Waals surface area contributed by atoms with Gasteiger partial charge in [0.25, 0.3) is 0 Å². The normalized spacial score (nSPS) is 12.7. The van der Waals surface area contributed by atoms with E-state index < -0.39 is 17.7 Å². The van der Waals surface area contributed by atoms with Crippen LogP contribution in [0.3, 0.4) is 0 Å². The zero-order valence-electron chi connectivity index (χ0n) is 17.2. The average Bonchev–Trinajstić information content (AvgIpc) is 2.70. The largest absolute Gasteiger partial charge is 0.482 e. The number of hydrogen-bond acceptors (Lipinski definition) is 4. The summed E-state index contributed by atoms with van der Waals surface area (Å²) in [5.41, 5.74) is 1.02. The maximum Gasteiger partial charge on any atom is 0.416 e. The number of rotatable bonds is 9. The van der Waals surface area contributed by atoms with Crippen LogP contribution in [0.2, 0.25) is 0 Å². The van der Waals surface area contributed by atoms with E-state index in [1.807, 2.05) is 37.3 Å². The van der Waals surface area contributed by atoms with Gasteiger partial charge in [0.2, 0.25) is 0 Å². The second-order valence-corrected chi connectivity index (χ2v) is 7.88. The lowest BCUT2D eigenvalue weighted by Gasteiger charge is -2.11. The van der Waals surface area contributed by atoms with Crippen molar-refractivity contribution in [2.45, 2.75) is 31.8 Å². The molecule has 0 radical (unpaired) electrons. The zero-order chi connectivity index (χ0) is 22.1. The minimum absolute atomic E-state index is 0.118. The van der Waals surface area contributed by atoms with Gasteiger partial charge >= 0.3 is 12.1 Å². The van der Waals surface area contributed by atoms with Gasteiger partial charge in [0, 0.05) is 10.6 Å². The molecule has 3 nitrogen and oxygen atoms in total. The first-order valence-electron chi connectivity index (χ1n) is 9.56. The van der Waals surface area contributed by atoms with Crippen molar-refractivity contribution >= 4 is 23.8 Å². The Kier molecular flexibility index (Phi) is 8.84. The molecular weight excluding hydrogens is 413 g/mol. The van der Waals surface area contributed by atoms with Gasteiger partial charge in [0.15, 0.2) is 6.61 Å². The molecule has 0 aliphatic carbocycles. The summed E-state index contributed by atoms with van der Waals surface area (Å²) in [5.74, 6) is 1.29. The Bertz CT molecular complexity index is 861. The maximum absolute atomic E-state index is 12.6. The highest BCUT2D eigenvalue weighted by molar-refractivity contribution is 7.99. The van der Waals surface area contributed by atoms with Gasteiger partial charge in [-0.3, -0.25) is 0 Å². The predicted octanol–water partition coefficient (Wildman–Crippen LogP) is 6.40. The fraction of sp³-hybridized carbons (Fsp3) is 0.348. The lowest BCUT2D eigenvalue weighted by Crippen LogP contribution is -2.14. The summed E-state index contributed by atoms with van der Waals surface area (Å²) in [7, 11) is 0. The molecule has 2 rings (SSSR count). The SMILES string of the molecule is CCOC(=O)COc1ccc(SCC(C)/C=C/c2ccc(C(F)(F)F)cc2)cc1C. The Hall–Kier alpha value is -2.41. The molecule has 0 bridgehead atoms. The number of carbonyl (C=O) groups excluding carboxylic acids is 1. The minimum Gasteiger partial charge on any atom is -0.482 e. The molecule has 0 fully saturated rings. The Morgan fingerprint density at radius 2 is 1.87 bits per heavy atom. The van der Waals surface area contributed by atoms with Gasteiger partial charge < -0.3 is 9.47 Å². The molecule has 0 spiro atoms. The van der Waals surface area contributed by atoms with Crippen LogP contribution in [0.4, 0.5) is 13.2 Å². The van der Waals surface area contributed by atoms with Crippen molar-refractivity contribution in [2.24, 2.45) is 5.92 Å². The van der Waals surface area contributed by atoms with Gasteiger partial charge in [-0.05, 0) is 61.2 Å². The summed E-state index contributed by atoms with van der Waals surface area (Å²) >= 11 is 1.68. The molecule has 7 heteroatoms. The summed E-state index contributed by atoms with van der Waals surface area (Å²) in [5, 5.41) is 0. The van der Waals surface area contributed by atoms with E-state index in [2.05, 4.69) is 6.92 Å². The standard InChI is InChI=1S/C23H25F3O3S/c1-4-28-22(27)14-29-21-12-11-20(13-17(21)3)30-15-16(2)5-6-18-7-9-19(10-8-18)23(24,25)26/h5-13,16H,4,14-15H2,1-3H3/b6-5+. The van der Waals surface area contributed by atoms with Crippen LogP contribution in [0.5, 0.6) is 5.75 Å². The minimum atomic E-state index is -4.32. The van der Waals surface area contributed by atoms with Crippen molar-refractivity contribution in [1.82, 2.24) is 0 Å². The molecule has 0 aliphatic rings. The summed E-state index contributed by atoms with van der Waals surface area (Å²) < 4.78 is 48.2. The second-order valence-electron chi connectivity index (χ2n) is 6.79. The van der Waals surface area contributed by atoms with Crippen molar-refractivity contribution in [3.05, 3.63) is 65.2 Å². The number of hydrogen-bond donors (Lipinski definition) is 0. The summed E-state index contributed by atoms with van der Waals surface area (Å²) in [6.45, 7) is 5.92. The lowest BCUT2D eigenvalue weighted by molar-refractivity contribution is -0.145. The first kappa shape index (κ1) is 23.9. The van der Waals surface area contributed by atoms with Crippen LogP contribution in [0.15, 0.2) is 53.4 Å². The maximum atomic E-state index is 12.6. The van der Waals surface area contributed by atoms with Crippen LogP contribution < -0.4 is 4.74 Å². The number of carbonyl (C=O) groups is 1. The number of benzene rings is 2. The van der Waals surface area contributed by atoms with Crippen molar-refractivity contribution in [3.8, 4) is 5.75 Å². The van der Waals surface area contributed by atoms with Crippen molar-refractivity contribution < 1.29 is 27.4 Å². The van der Waals surface area contributed by atoms with E-state index in [1.54, 1.807) is 18.7 Å². The molecule has 0 saturated heterocycles. The molecule has 1 unspecified atom stereocenters. The van der Waals surface area contributed by atoms with Gasteiger partial charge in [-0.2, -0.15) is 13.2 Å². The molecule has 2 aromatic carbocycles. The van der Waals surface area contributed by atoms with Crippen molar-refractivity contribution in [2.75, 3.05) is 19.0 Å².